The molecule has 0 radical (unpaired) electrons. The maximum absolute atomic E-state index is 12.1. The number of hydrogen-bond acceptors (Lipinski definition) is 4. The van der Waals surface area contributed by atoms with Crippen molar-refractivity contribution in [1.29, 1.82) is 0 Å². The molecule has 4 aromatic rings. The second-order valence-corrected chi connectivity index (χ2v) is 9.00. The molecular formula is C26H28ClN3O2. The molecular weight excluding hydrogens is 422 g/mol. The minimum absolute atomic E-state index is 0.316. The van der Waals surface area contributed by atoms with Crippen LogP contribution in [0.3, 0.4) is 0 Å². The first-order valence-electron chi connectivity index (χ1n) is 10.7. The van der Waals surface area contributed by atoms with Crippen LogP contribution in [0, 0.1) is 27.7 Å². The van der Waals surface area contributed by atoms with E-state index >= 15 is 0 Å². The zero-order valence-corrected chi connectivity index (χ0v) is 20.0. The van der Waals surface area contributed by atoms with E-state index in [1.54, 1.807) is 6.07 Å². The predicted molar refractivity (Wildman–Crippen MR) is 129 cm³/mol. The predicted octanol–water partition coefficient (Wildman–Crippen LogP) is 5.56. The fraction of sp³-hybridized carbons (Fsp3) is 0.308. The summed E-state index contributed by atoms with van der Waals surface area (Å²) in [5.41, 5.74) is 7.97. The van der Waals surface area contributed by atoms with Crippen LogP contribution in [0.2, 0.25) is 5.02 Å². The van der Waals surface area contributed by atoms with Gasteiger partial charge in [-0.15, -0.1) is 0 Å². The molecule has 0 atom stereocenters. The van der Waals surface area contributed by atoms with Crippen molar-refractivity contribution in [3.63, 3.8) is 0 Å². The lowest BCUT2D eigenvalue weighted by Crippen LogP contribution is -2.19. The summed E-state index contributed by atoms with van der Waals surface area (Å²) in [4.78, 5) is 14.4. The minimum atomic E-state index is -0.316. The first-order chi connectivity index (χ1) is 15.2. The molecule has 0 N–H and O–H groups in total. The van der Waals surface area contributed by atoms with Crippen molar-refractivity contribution >= 4 is 22.6 Å². The molecule has 0 aliphatic rings. The number of rotatable bonds is 6. The Hall–Kier alpha value is -2.89. The van der Waals surface area contributed by atoms with Gasteiger partial charge in [0.1, 0.15) is 5.58 Å². The van der Waals surface area contributed by atoms with Gasteiger partial charge in [-0.1, -0.05) is 29.8 Å². The Morgan fingerprint density at radius 3 is 2.47 bits per heavy atom. The third kappa shape index (κ3) is 4.50. The van der Waals surface area contributed by atoms with Crippen molar-refractivity contribution in [2.45, 2.75) is 47.3 Å². The molecule has 0 saturated heterocycles. The monoisotopic (exact) mass is 449 g/mol. The van der Waals surface area contributed by atoms with Crippen molar-refractivity contribution in [2.24, 2.45) is 0 Å². The zero-order valence-electron chi connectivity index (χ0n) is 19.2. The Balaban J connectivity index is 1.58. The highest BCUT2D eigenvalue weighted by atomic mass is 35.5. The van der Waals surface area contributed by atoms with Gasteiger partial charge in [-0.25, -0.2) is 4.79 Å². The topological polar surface area (TPSA) is 51.3 Å². The smallest absolute Gasteiger partial charge is 0.336 e. The Bertz CT molecular complexity index is 1350. The van der Waals surface area contributed by atoms with Gasteiger partial charge >= 0.3 is 5.63 Å². The van der Waals surface area contributed by atoms with Gasteiger partial charge in [-0.05, 0) is 75.2 Å². The first kappa shape index (κ1) is 22.3. The molecule has 2 aromatic heterocycles. The number of aromatic nitrogens is 2. The van der Waals surface area contributed by atoms with Gasteiger partial charge in [0.15, 0.2) is 0 Å². The third-order valence-corrected chi connectivity index (χ3v) is 6.49. The van der Waals surface area contributed by atoms with E-state index in [0.29, 0.717) is 18.7 Å². The summed E-state index contributed by atoms with van der Waals surface area (Å²) in [6.45, 7) is 10.2. The first-order valence-corrected chi connectivity index (χ1v) is 11.1. The summed E-state index contributed by atoms with van der Waals surface area (Å²) < 4.78 is 7.46. The maximum Gasteiger partial charge on any atom is 0.336 e. The number of aryl methyl sites for hydroxylation is 3. The minimum Gasteiger partial charge on any atom is -0.423 e. The lowest BCUT2D eigenvalue weighted by atomic mass is 10.0. The van der Waals surface area contributed by atoms with E-state index in [4.69, 9.17) is 21.1 Å². The van der Waals surface area contributed by atoms with E-state index in [1.807, 2.05) is 48.9 Å². The number of nitrogens with zero attached hydrogens (tertiary/aromatic N) is 3. The summed E-state index contributed by atoms with van der Waals surface area (Å²) in [7, 11) is 2.06. The molecule has 0 saturated carbocycles. The molecule has 0 spiro atoms. The van der Waals surface area contributed by atoms with Crippen molar-refractivity contribution in [3.8, 4) is 0 Å². The van der Waals surface area contributed by atoms with Crippen LogP contribution in [-0.4, -0.2) is 21.7 Å². The quantitative estimate of drug-likeness (QED) is 0.362. The fourth-order valence-electron chi connectivity index (χ4n) is 4.14. The number of fused-ring (bicyclic) bond motifs is 1. The molecule has 0 aliphatic carbocycles. The fourth-order valence-corrected chi connectivity index (χ4v) is 4.33. The summed E-state index contributed by atoms with van der Waals surface area (Å²) in [5.74, 6) is 0. The molecule has 0 unspecified atom stereocenters. The molecule has 4 rings (SSSR count). The molecule has 0 bridgehead atoms. The van der Waals surface area contributed by atoms with E-state index in [-0.39, 0.29) is 5.63 Å². The lowest BCUT2D eigenvalue weighted by Gasteiger charge is -2.18. The number of benzene rings is 2. The summed E-state index contributed by atoms with van der Waals surface area (Å²) in [6.07, 6.45) is 0. The van der Waals surface area contributed by atoms with E-state index < -0.39 is 0 Å². The maximum atomic E-state index is 12.1. The second-order valence-electron chi connectivity index (χ2n) is 8.59. The summed E-state index contributed by atoms with van der Waals surface area (Å²) in [6, 6.07) is 13.5. The van der Waals surface area contributed by atoms with Gasteiger partial charge in [0.2, 0.25) is 0 Å². The van der Waals surface area contributed by atoms with Crippen LogP contribution in [0.15, 0.2) is 51.7 Å². The number of hydrogen-bond donors (Lipinski definition) is 0. The van der Waals surface area contributed by atoms with Gasteiger partial charge in [0.25, 0.3) is 0 Å². The molecule has 166 valence electrons. The Kier molecular flexibility index (Phi) is 6.22. The molecule has 2 heterocycles. The average Bonchev–Trinajstić information content (AvgIpc) is 2.98. The second kappa shape index (κ2) is 8.93. The largest absolute Gasteiger partial charge is 0.423 e. The zero-order chi connectivity index (χ0) is 23.0. The van der Waals surface area contributed by atoms with Crippen molar-refractivity contribution in [3.05, 3.63) is 97.1 Å². The van der Waals surface area contributed by atoms with Crippen LogP contribution in [0.25, 0.3) is 11.0 Å². The van der Waals surface area contributed by atoms with Gasteiger partial charge in [-0.3, -0.25) is 9.58 Å². The molecule has 2 aromatic carbocycles. The molecule has 0 amide bonds. The van der Waals surface area contributed by atoms with Crippen LogP contribution in [0.1, 0.15) is 39.2 Å². The van der Waals surface area contributed by atoms with E-state index in [2.05, 4.69) is 31.9 Å². The Morgan fingerprint density at radius 1 is 1.00 bits per heavy atom. The van der Waals surface area contributed by atoms with Crippen LogP contribution in [0.4, 0.5) is 0 Å². The molecule has 32 heavy (non-hydrogen) atoms. The normalized spacial score (nSPS) is 11.6. The highest BCUT2D eigenvalue weighted by Crippen LogP contribution is 2.24. The van der Waals surface area contributed by atoms with Crippen LogP contribution >= 0.6 is 11.6 Å². The SMILES string of the molecule is Cc1cc2oc(=O)cc(CN(C)Cc3c(C)nn(Cc4ccccc4Cl)c3C)c2cc1C. The van der Waals surface area contributed by atoms with Crippen molar-refractivity contribution in [1.82, 2.24) is 14.7 Å². The van der Waals surface area contributed by atoms with Crippen LogP contribution < -0.4 is 5.63 Å². The van der Waals surface area contributed by atoms with Crippen molar-refractivity contribution < 1.29 is 4.42 Å². The Labute approximate surface area is 193 Å². The molecule has 0 aliphatic heterocycles. The summed E-state index contributed by atoms with van der Waals surface area (Å²) in [5, 5.41) is 6.50. The number of halogens is 1. The van der Waals surface area contributed by atoms with Gasteiger partial charge in [0.05, 0.1) is 12.2 Å². The average molecular weight is 450 g/mol. The molecule has 6 heteroatoms. The molecule has 5 nitrogen and oxygen atoms in total. The van der Waals surface area contributed by atoms with Crippen LogP contribution in [0.5, 0.6) is 0 Å². The van der Waals surface area contributed by atoms with Crippen molar-refractivity contribution in [2.75, 3.05) is 7.05 Å². The highest BCUT2D eigenvalue weighted by molar-refractivity contribution is 6.31. The third-order valence-electron chi connectivity index (χ3n) is 6.12. The summed E-state index contributed by atoms with van der Waals surface area (Å²) >= 11 is 6.35. The van der Waals surface area contributed by atoms with Gasteiger partial charge < -0.3 is 4.42 Å². The van der Waals surface area contributed by atoms with E-state index in [1.165, 1.54) is 11.1 Å². The lowest BCUT2D eigenvalue weighted by molar-refractivity contribution is 0.318. The Morgan fingerprint density at radius 2 is 1.72 bits per heavy atom. The van der Waals surface area contributed by atoms with E-state index in [9.17, 15) is 4.79 Å². The van der Waals surface area contributed by atoms with Gasteiger partial charge in [0, 0.05) is 40.8 Å². The van der Waals surface area contributed by atoms with Gasteiger partial charge in [-0.2, -0.15) is 5.10 Å². The standard InChI is InChI=1S/C26H28ClN3O2/c1-16-10-22-21(12-26(31)32-25(22)11-17(16)2)13-29(5)15-23-18(3)28-30(19(23)4)14-20-8-6-7-9-24(20)27/h6-12H,13-15H2,1-5H3. The van der Waals surface area contributed by atoms with Crippen LogP contribution in [-0.2, 0) is 19.6 Å². The molecule has 0 fully saturated rings. The highest BCUT2D eigenvalue weighted by Gasteiger charge is 2.16. The van der Waals surface area contributed by atoms with E-state index in [0.717, 1.165) is 45.0 Å².